The molecule has 0 radical (unpaired) electrons. The lowest BCUT2D eigenvalue weighted by Gasteiger charge is -2.42. The van der Waals surface area contributed by atoms with Crippen molar-refractivity contribution in [2.75, 3.05) is 4.90 Å². The van der Waals surface area contributed by atoms with Crippen molar-refractivity contribution in [3.05, 3.63) is 193 Å². The molecule has 0 atom stereocenters. The van der Waals surface area contributed by atoms with Crippen LogP contribution in [0.2, 0.25) is 0 Å². The number of fused-ring (bicyclic) bond motifs is 13. The summed E-state index contributed by atoms with van der Waals surface area (Å²) in [7, 11) is 0. The zero-order chi connectivity index (χ0) is 45.4. The second-order valence-electron chi connectivity index (χ2n) is 19.9. The van der Waals surface area contributed by atoms with Gasteiger partial charge in [0.2, 0.25) is 0 Å². The van der Waals surface area contributed by atoms with Gasteiger partial charge in [0.25, 0.3) is 6.71 Å². The molecule has 0 fully saturated rings. The second kappa shape index (κ2) is 14.7. The number of unbranched alkanes of at least 4 members (excludes halogenated alkanes) is 1. The second-order valence-corrected chi connectivity index (χ2v) is 21.0. The van der Waals surface area contributed by atoms with Crippen LogP contribution in [0.3, 0.4) is 0 Å². The highest BCUT2D eigenvalue weighted by Crippen LogP contribution is 2.50. The predicted octanol–water partition coefficient (Wildman–Crippen LogP) is 15.3. The number of rotatable bonds is 6. The molecule has 2 aliphatic rings. The van der Waals surface area contributed by atoms with E-state index in [0.29, 0.717) is 0 Å². The number of benzene rings is 9. The van der Waals surface area contributed by atoms with E-state index in [1.165, 1.54) is 108 Å². The van der Waals surface area contributed by atoms with Crippen LogP contribution in [-0.2, 0) is 11.8 Å². The third-order valence-corrected chi connectivity index (χ3v) is 16.0. The van der Waals surface area contributed by atoms with Gasteiger partial charge in [-0.3, -0.25) is 0 Å². The van der Waals surface area contributed by atoms with E-state index in [4.69, 9.17) is 4.74 Å². The molecule has 2 aliphatic heterocycles. The summed E-state index contributed by atoms with van der Waals surface area (Å²) in [6.45, 7) is 9.23. The van der Waals surface area contributed by atoms with Crippen LogP contribution >= 0.6 is 11.3 Å². The zero-order valence-corrected chi connectivity index (χ0v) is 39.5. The fourth-order valence-corrected chi connectivity index (χ4v) is 12.8. The Hall–Kier alpha value is -7.54. The van der Waals surface area contributed by atoms with Gasteiger partial charge in [0.15, 0.2) is 0 Å². The molecule has 5 heterocycles. The van der Waals surface area contributed by atoms with Gasteiger partial charge >= 0.3 is 0 Å². The molecule has 9 aromatic carbocycles. The monoisotopic (exact) mass is 893 g/mol. The number of nitrogens with zero attached hydrogens (tertiary/aromatic N) is 3. The molecule has 0 amide bonds. The Kier molecular flexibility index (Phi) is 8.58. The van der Waals surface area contributed by atoms with Crippen molar-refractivity contribution in [3.63, 3.8) is 0 Å². The van der Waals surface area contributed by atoms with Gasteiger partial charge in [-0.15, -0.1) is 11.3 Å². The van der Waals surface area contributed by atoms with Crippen LogP contribution in [0.4, 0.5) is 17.1 Å². The summed E-state index contributed by atoms with van der Waals surface area (Å²) in [5, 5.41) is 7.65. The van der Waals surface area contributed by atoms with Gasteiger partial charge in [-0.1, -0.05) is 143 Å². The first-order valence-electron chi connectivity index (χ1n) is 24.2. The largest absolute Gasteiger partial charge is 0.458 e. The highest BCUT2D eigenvalue weighted by molar-refractivity contribution is 7.26. The quantitative estimate of drug-likeness (QED) is 0.155. The van der Waals surface area contributed by atoms with Gasteiger partial charge in [0.05, 0.1) is 27.8 Å². The Bertz CT molecular complexity index is 3960. The number of aryl methyl sites for hydroxylation is 1. The molecular weight excluding hydrogens is 846 g/mol. The van der Waals surface area contributed by atoms with Gasteiger partial charge in [0, 0.05) is 70.5 Å². The molecule has 0 bridgehead atoms. The van der Waals surface area contributed by atoms with Crippen molar-refractivity contribution in [1.29, 1.82) is 0 Å². The molecule has 326 valence electrons. The van der Waals surface area contributed by atoms with E-state index in [1.807, 2.05) is 11.3 Å². The summed E-state index contributed by atoms with van der Waals surface area (Å²) in [6, 6.07) is 68.2. The highest BCUT2D eigenvalue weighted by atomic mass is 32.1. The van der Waals surface area contributed by atoms with Gasteiger partial charge in [-0.25, -0.2) is 0 Å². The molecule has 0 aliphatic carbocycles. The number of anilines is 3. The Balaban J connectivity index is 1.09. The molecule has 6 heteroatoms. The summed E-state index contributed by atoms with van der Waals surface area (Å²) in [6.07, 6.45) is 3.21. The van der Waals surface area contributed by atoms with E-state index >= 15 is 0 Å². The Morgan fingerprint density at radius 2 is 1.07 bits per heavy atom. The maximum Gasteiger partial charge on any atom is 0.256 e. The molecule has 12 aromatic rings. The number of hydrogen-bond donors (Lipinski definition) is 0. The van der Waals surface area contributed by atoms with Crippen LogP contribution in [0.5, 0.6) is 11.5 Å². The lowest BCUT2D eigenvalue weighted by Crippen LogP contribution is -2.59. The smallest absolute Gasteiger partial charge is 0.256 e. The van der Waals surface area contributed by atoms with Crippen LogP contribution in [-0.4, -0.2) is 15.8 Å². The first-order chi connectivity index (χ1) is 33.3. The van der Waals surface area contributed by atoms with Gasteiger partial charge in [-0.2, -0.15) is 0 Å². The first-order valence-corrected chi connectivity index (χ1v) is 25.0. The minimum absolute atomic E-state index is 0.0686. The number of hydrogen-bond acceptors (Lipinski definition) is 3. The summed E-state index contributed by atoms with van der Waals surface area (Å²) in [4.78, 5) is 2.67. The van der Waals surface area contributed by atoms with E-state index in [2.05, 4.69) is 224 Å². The van der Waals surface area contributed by atoms with Gasteiger partial charge in [-0.05, 0) is 113 Å². The van der Waals surface area contributed by atoms with E-state index in [-0.39, 0.29) is 12.1 Å². The highest BCUT2D eigenvalue weighted by Gasteiger charge is 2.44. The Morgan fingerprint density at radius 1 is 0.515 bits per heavy atom. The third kappa shape index (κ3) is 5.67. The van der Waals surface area contributed by atoms with Crippen molar-refractivity contribution >= 4 is 115 Å². The summed E-state index contributed by atoms with van der Waals surface area (Å²) >= 11 is 1.90. The zero-order valence-electron chi connectivity index (χ0n) is 38.7. The summed E-state index contributed by atoms with van der Waals surface area (Å²) in [5.41, 5.74) is 16.9. The number of thiophene rings is 1. The SMILES string of the molecule is CCCCc1ccc2sc3ccccc3c2c1N1c2cc(-n3c4ccccc4c4ccccc43)ccc2B2c3ccc(-n4c5ccccc5c5ccccc54)cc3Oc3cc(C(C)(C)C)cc1c32. The fourth-order valence-electron chi connectivity index (χ4n) is 11.7. The van der Waals surface area contributed by atoms with E-state index in [9.17, 15) is 0 Å². The lowest BCUT2D eigenvalue weighted by atomic mass is 9.34. The van der Waals surface area contributed by atoms with E-state index < -0.39 is 0 Å². The van der Waals surface area contributed by atoms with Gasteiger partial charge in [0.1, 0.15) is 11.5 Å². The lowest BCUT2D eigenvalue weighted by molar-refractivity contribution is 0.483. The molecule has 68 heavy (non-hydrogen) atoms. The normalized spacial score (nSPS) is 13.2. The maximum absolute atomic E-state index is 7.40. The minimum atomic E-state index is -0.154. The summed E-state index contributed by atoms with van der Waals surface area (Å²) < 4.78 is 14.9. The van der Waals surface area contributed by atoms with Crippen LogP contribution in [0.15, 0.2) is 182 Å². The number of ether oxygens (including phenoxy) is 1. The van der Waals surface area contributed by atoms with Crippen molar-refractivity contribution in [2.45, 2.75) is 52.4 Å². The molecule has 14 rings (SSSR count). The average molecular weight is 894 g/mol. The van der Waals surface area contributed by atoms with Crippen LogP contribution in [0.25, 0.3) is 75.2 Å². The van der Waals surface area contributed by atoms with Crippen molar-refractivity contribution < 1.29 is 4.74 Å². The topological polar surface area (TPSA) is 22.3 Å². The molecule has 3 aromatic heterocycles. The molecule has 0 unspecified atom stereocenters. The van der Waals surface area contributed by atoms with Crippen molar-refractivity contribution in [3.8, 4) is 22.9 Å². The van der Waals surface area contributed by atoms with Crippen LogP contribution < -0.4 is 26.0 Å². The molecule has 0 spiro atoms. The average Bonchev–Trinajstić information content (AvgIpc) is 4.03. The van der Waals surface area contributed by atoms with Crippen LogP contribution in [0, 0.1) is 0 Å². The van der Waals surface area contributed by atoms with E-state index in [0.717, 1.165) is 42.1 Å². The predicted molar refractivity (Wildman–Crippen MR) is 291 cm³/mol. The maximum atomic E-state index is 7.40. The standard InChI is InChI=1S/C62H48BN3OS/c1-5-6-17-38-28-33-58-59(46-22-11-16-27-57(46)68-58)61(38)66-53-36-40(64-49-23-12-7-18-42(49)43-19-8-13-24-50(43)64)29-31-47(53)63-48-32-30-41(65-51-25-14-9-20-44(51)45-21-10-15-26-52(45)65)37-55(48)67-56-35-39(62(2,3)4)34-54(66)60(56)63/h7-16,18-37H,5-6,17H2,1-4H3. The molecule has 0 saturated carbocycles. The number of aromatic nitrogens is 2. The van der Waals surface area contributed by atoms with Crippen molar-refractivity contribution in [1.82, 2.24) is 9.13 Å². The Morgan fingerprint density at radius 3 is 1.68 bits per heavy atom. The molecule has 0 saturated heterocycles. The number of para-hydroxylation sites is 4. The van der Waals surface area contributed by atoms with E-state index in [1.54, 1.807) is 0 Å². The fraction of sp³-hybridized carbons (Fsp3) is 0.129. The third-order valence-electron chi connectivity index (χ3n) is 14.9. The van der Waals surface area contributed by atoms with Crippen molar-refractivity contribution in [2.24, 2.45) is 0 Å². The molecule has 4 nitrogen and oxygen atoms in total. The first kappa shape index (κ1) is 39.6. The van der Waals surface area contributed by atoms with Gasteiger partial charge < -0.3 is 18.8 Å². The summed E-state index contributed by atoms with van der Waals surface area (Å²) in [5.74, 6) is 1.84. The molecular formula is C62H48BN3OS. The van der Waals surface area contributed by atoms with Crippen LogP contribution in [0.1, 0.15) is 51.7 Å². The minimum Gasteiger partial charge on any atom is -0.458 e. The molecule has 0 N–H and O–H groups in total. The Labute approximate surface area is 400 Å².